The molecule has 2 N–H and O–H groups in total. The highest BCUT2D eigenvalue weighted by Crippen LogP contribution is 2.32. The van der Waals surface area contributed by atoms with Crippen LogP contribution < -0.4 is 5.32 Å². The van der Waals surface area contributed by atoms with Crippen molar-refractivity contribution < 1.29 is 9.50 Å². The van der Waals surface area contributed by atoms with E-state index in [9.17, 15) is 9.50 Å². The number of anilines is 1. The number of hydrogen-bond acceptors (Lipinski definition) is 4. The Morgan fingerprint density at radius 3 is 3.12 bits per heavy atom. The topological polar surface area (TPSA) is 62.5 Å². The predicted octanol–water partition coefficient (Wildman–Crippen LogP) is 1.05. The van der Waals surface area contributed by atoms with Gasteiger partial charge in [-0.05, 0) is 30.9 Å². The van der Waals surface area contributed by atoms with Gasteiger partial charge in [-0.25, -0.2) is 8.91 Å². The molecule has 2 aromatic rings. The van der Waals surface area contributed by atoms with Crippen molar-refractivity contribution in [3.05, 3.63) is 24.1 Å². The molecule has 5 nitrogen and oxygen atoms in total. The molecule has 17 heavy (non-hydrogen) atoms. The summed E-state index contributed by atoms with van der Waals surface area (Å²) < 4.78 is 14.3. The first-order chi connectivity index (χ1) is 8.22. The van der Waals surface area contributed by atoms with E-state index in [2.05, 4.69) is 15.4 Å². The highest BCUT2D eigenvalue weighted by molar-refractivity contribution is 5.43. The molecular weight excluding hydrogens is 223 g/mol. The average molecular weight is 236 g/mol. The van der Waals surface area contributed by atoms with Gasteiger partial charge in [-0.2, -0.15) is 4.98 Å². The van der Waals surface area contributed by atoms with Crippen LogP contribution >= 0.6 is 0 Å². The predicted molar refractivity (Wildman–Crippen MR) is 60.2 cm³/mol. The molecule has 1 saturated carbocycles. The molecule has 1 aliphatic rings. The third-order valence-corrected chi connectivity index (χ3v) is 2.93. The van der Waals surface area contributed by atoms with Crippen molar-refractivity contribution in [2.75, 3.05) is 11.9 Å². The molecule has 3 rings (SSSR count). The van der Waals surface area contributed by atoms with E-state index in [1.54, 1.807) is 6.07 Å². The van der Waals surface area contributed by atoms with E-state index in [4.69, 9.17) is 0 Å². The van der Waals surface area contributed by atoms with Crippen LogP contribution in [0.3, 0.4) is 0 Å². The second-order valence-corrected chi connectivity index (χ2v) is 4.37. The van der Waals surface area contributed by atoms with Crippen molar-refractivity contribution in [3.63, 3.8) is 0 Å². The minimum Gasteiger partial charge on any atom is -0.391 e. The highest BCUT2D eigenvalue weighted by atomic mass is 19.1. The molecule has 1 aliphatic carbocycles. The van der Waals surface area contributed by atoms with Crippen molar-refractivity contribution >= 4 is 11.6 Å². The Kier molecular flexibility index (Phi) is 2.44. The van der Waals surface area contributed by atoms with E-state index in [0.717, 1.165) is 12.8 Å². The Bertz CT molecular complexity index is 537. The maximum Gasteiger partial charge on any atom is 0.243 e. The Morgan fingerprint density at radius 2 is 2.35 bits per heavy atom. The van der Waals surface area contributed by atoms with Gasteiger partial charge < -0.3 is 10.4 Å². The Balaban J connectivity index is 1.72. The summed E-state index contributed by atoms with van der Waals surface area (Å²) in [6.45, 7) is 0.435. The standard InChI is InChI=1S/C11H13FN4O/c12-8-3-4-10-14-11(15-16(10)6-8)13-5-9(17)7-1-2-7/h3-4,6-7,9,17H,1-2,5H2,(H,13,15). The van der Waals surface area contributed by atoms with Crippen molar-refractivity contribution in [1.29, 1.82) is 0 Å². The maximum absolute atomic E-state index is 12.9. The van der Waals surface area contributed by atoms with Crippen LogP contribution in [0, 0.1) is 11.7 Å². The van der Waals surface area contributed by atoms with Crippen LogP contribution in [0.5, 0.6) is 0 Å². The first kappa shape index (κ1) is 10.5. The summed E-state index contributed by atoms with van der Waals surface area (Å²) in [5.74, 6) is 0.472. The lowest BCUT2D eigenvalue weighted by atomic mass is 10.2. The summed E-state index contributed by atoms with van der Waals surface area (Å²) in [6.07, 6.45) is 3.10. The summed E-state index contributed by atoms with van der Waals surface area (Å²) in [5, 5.41) is 16.7. The number of aliphatic hydroxyl groups is 1. The monoisotopic (exact) mass is 236 g/mol. The molecule has 2 aromatic heterocycles. The number of nitrogens with zero attached hydrogens (tertiary/aromatic N) is 3. The molecule has 1 atom stereocenters. The first-order valence-corrected chi connectivity index (χ1v) is 5.66. The fourth-order valence-corrected chi connectivity index (χ4v) is 1.78. The normalized spacial score (nSPS) is 17.3. The highest BCUT2D eigenvalue weighted by Gasteiger charge is 2.29. The van der Waals surface area contributed by atoms with E-state index >= 15 is 0 Å². The third-order valence-electron chi connectivity index (χ3n) is 2.93. The number of fused-ring (bicyclic) bond motifs is 1. The van der Waals surface area contributed by atoms with Gasteiger partial charge in [0.05, 0.1) is 12.3 Å². The SMILES string of the molecule is OC(CNc1nc2ccc(F)cn2n1)C1CC1. The van der Waals surface area contributed by atoms with Gasteiger partial charge in [-0.15, -0.1) is 5.10 Å². The molecule has 0 radical (unpaired) electrons. The number of aliphatic hydroxyl groups excluding tert-OH is 1. The Hall–Kier alpha value is -1.69. The van der Waals surface area contributed by atoms with Gasteiger partial charge in [0.25, 0.3) is 0 Å². The largest absolute Gasteiger partial charge is 0.391 e. The van der Waals surface area contributed by atoms with Crippen LogP contribution in [0.15, 0.2) is 18.3 Å². The van der Waals surface area contributed by atoms with Crippen LogP contribution in [0.25, 0.3) is 5.65 Å². The van der Waals surface area contributed by atoms with Crippen LogP contribution in [0.2, 0.25) is 0 Å². The molecular formula is C11H13FN4O. The van der Waals surface area contributed by atoms with Gasteiger partial charge in [0.2, 0.25) is 5.95 Å². The third kappa shape index (κ3) is 2.21. The summed E-state index contributed by atoms with van der Waals surface area (Å²) >= 11 is 0. The van der Waals surface area contributed by atoms with Crippen molar-refractivity contribution in [1.82, 2.24) is 14.6 Å². The maximum atomic E-state index is 12.9. The number of rotatable bonds is 4. The van der Waals surface area contributed by atoms with E-state index < -0.39 is 0 Å². The zero-order chi connectivity index (χ0) is 11.8. The van der Waals surface area contributed by atoms with Gasteiger partial charge in [-0.1, -0.05) is 0 Å². The summed E-state index contributed by atoms with van der Waals surface area (Å²) in [7, 11) is 0. The molecule has 0 aliphatic heterocycles. The Labute approximate surface area is 97.3 Å². The van der Waals surface area contributed by atoms with Crippen LogP contribution in [-0.4, -0.2) is 32.4 Å². The lowest BCUT2D eigenvalue weighted by Gasteiger charge is -2.08. The fraction of sp³-hybridized carbons (Fsp3) is 0.455. The molecule has 0 amide bonds. The fourth-order valence-electron chi connectivity index (χ4n) is 1.78. The lowest BCUT2D eigenvalue weighted by molar-refractivity contribution is 0.164. The zero-order valence-corrected chi connectivity index (χ0v) is 9.17. The first-order valence-electron chi connectivity index (χ1n) is 5.66. The van der Waals surface area contributed by atoms with Crippen molar-refractivity contribution in [3.8, 4) is 0 Å². The van der Waals surface area contributed by atoms with Gasteiger partial charge in [-0.3, -0.25) is 0 Å². The molecule has 6 heteroatoms. The summed E-state index contributed by atoms with van der Waals surface area (Å²) in [5.41, 5.74) is 0.579. The quantitative estimate of drug-likeness (QED) is 0.833. The number of aromatic nitrogens is 3. The smallest absolute Gasteiger partial charge is 0.243 e. The number of hydrogen-bond donors (Lipinski definition) is 2. The van der Waals surface area contributed by atoms with Crippen molar-refractivity contribution in [2.24, 2.45) is 5.92 Å². The molecule has 2 heterocycles. The zero-order valence-electron chi connectivity index (χ0n) is 9.17. The van der Waals surface area contributed by atoms with Gasteiger partial charge >= 0.3 is 0 Å². The average Bonchev–Trinajstić information content (AvgIpc) is 3.07. The van der Waals surface area contributed by atoms with E-state index in [1.807, 2.05) is 0 Å². The number of halogens is 1. The van der Waals surface area contributed by atoms with Crippen LogP contribution in [-0.2, 0) is 0 Å². The molecule has 0 aromatic carbocycles. The second-order valence-electron chi connectivity index (χ2n) is 4.37. The summed E-state index contributed by atoms with van der Waals surface area (Å²) in [6, 6.07) is 2.90. The minimum absolute atomic E-state index is 0.349. The summed E-state index contributed by atoms with van der Waals surface area (Å²) in [4.78, 5) is 4.17. The van der Waals surface area contributed by atoms with Gasteiger partial charge in [0.15, 0.2) is 5.65 Å². The van der Waals surface area contributed by atoms with E-state index in [0.29, 0.717) is 24.1 Å². The molecule has 1 fully saturated rings. The molecule has 0 spiro atoms. The van der Waals surface area contributed by atoms with E-state index in [1.165, 1.54) is 16.8 Å². The lowest BCUT2D eigenvalue weighted by Crippen LogP contribution is -2.21. The molecule has 90 valence electrons. The van der Waals surface area contributed by atoms with Crippen LogP contribution in [0.1, 0.15) is 12.8 Å². The second kappa shape index (κ2) is 3.96. The van der Waals surface area contributed by atoms with Gasteiger partial charge in [0, 0.05) is 6.54 Å². The number of pyridine rings is 1. The van der Waals surface area contributed by atoms with Gasteiger partial charge in [0.1, 0.15) is 5.82 Å². The van der Waals surface area contributed by atoms with E-state index in [-0.39, 0.29) is 11.9 Å². The Morgan fingerprint density at radius 1 is 1.53 bits per heavy atom. The minimum atomic E-state index is -0.355. The van der Waals surface area contributed by atoms with Crippen molar-refractivity contribution in [2.45, 2.75) is 18.9 Å². The van der Waals surface area contributed by atoms with Crippen LogP contribution in [0.4, 0.5) is 10.3 Å². The molecule has 1 unspecified atom stereocenters. The number of nitrogens with one attached hydrogen (secondary N) is 1. The molecule has 0 bridgehead atoms. The molecule has 0 saturated heterocycles.